The normalized spacial score (nSPS) is 20.0. The van der Waals surface area contributed by atoms with Gasteiger partial charge in [-0.25, -0.2) is 0 Å². The summed E-state index contributed by atoms with van der Waals surface area (Å²) in [6.07, 6.45) is 5.52. The highest BCUT2D eigenvalue weighted by Crippen LogP contribution is 2.37. The zero-order valence-electron chi connectivity index (χ0n) is 16.8. The van der Waals surface area contributed by atoms with E-state index in [1.54, 1.807) is 0 Å². The molecule has 0 spiro atoms. The first-order valence-electron chi connectivity index (χ1n) is 10.8. The molecule has 2 saturated heterocycles. The topological polar surface area (TPSA) is 44.7 Å². The smallest absolute Gasteiger partial charge is 0.229 e. The second kappa shape index (κ2) is 8.14. The Labute approximate surface area is 171 Å². The molecule has 5 rings (SSSR count). The molecular weight excluding hydrogens is 369 g/mol. The van der Waals surface area contributed by atoms with Gasteiger partial charge in [-0.1, -0.05) is 18.2 Å². The molecule has 0 saturated carbocycles. The fraction of sp³-hybridized carbons (Fsp3) is 0.545. The van der Waals surface area contributed by atoms with Crippen LogP contribution in [0.4, 0.5) is 27.7 Å². The Morgan fingerprint density at radius 1 is 0.793 bits per heavy atom. The van der Waals surface area contributed by atoms with Gasteiger partial charge in [-0.3, -0.25) is 0 Å². The average Bonchev–Trinajstić information content (AvgIpc) is 2.80. The van der Waals surface area contributed by atoms with E-state index in [-0.39, 0.29) is 5.82 Å². The van der Waals surface area contributed by atoms with Gasteiger partial charge in [-0.2, -0.15) is 14.4 Å². The van der Waals surface area contributed by atoms with E-state index in [0.717, 1.165) is 51.0 Å². The largest absolute Gasteiger partial charge is 0.378 e. The van der Waals surface area contributed by atoms with Gasteiger partial charge >= 0.3 is 0 Å². The minimum absolute atomic E-state index is 0.315. The van der Waals surface area contributed by atoms with Crippen molar-refractivity contribution >= 4 is 23.3 Å². The maximum atomic E-state index is 15.8. The van der Waals surface area contributed by atoms with E-state index in [9.17, 15) is 0 Å². The molecule has 2 aromatic rings. The molecular formula is C22H28FN5O. The predicted octanol–water partition coefficient (Wildman–Crippen LogP) is 3.53. The van der Waals surface area contributed by atoms with Gasteiger partial charge in [-0.15, -0.1) is 0 Å². The Bertz CT molecular complexity index is 864. The molecule has 0 amide bonds. The van der Waals surface area contributed by atoms with Gasteiger partial charge in [-0.05, 0) is 43.7 Å². The zero-order chi connectivity index (χ0) is 19.6. The van der Waals surface area contributed by atoms with Crippen LogP contribution in [0, 0.1) is 5.82 Å². The van der Waals surface area contributed by atoms with Crippen LogP contribution >= 0.6 is 0 Å². The number of hydrogen-bond acceptors (Lipinski definition) is 6. The number of nitrogens with zero attached hydrogens (tertiary/aromatic N) is 5. The van der Waals surface area contributed by atoms with Gasteiger partial charge in [0.2, 0.25) is 11.8 Å². The number of aromatic nitrogens is 2. The van der Waals surface area contributed by atoms with E-state index in [2.05, 4.69) is 23.1 Å². The van der Waals surface area contributed by atoms with Gasteiger partial charge in [0.05, 0.1) is 13.2 Å². The molecule has 0 atom stereocenters. The van der Waals surface area contributed by atoms with Crippen molar-refractivity contribution in [2.24, 2.45) is 0 Å². The molecule has 0 bridgehead atoms. The van der Waals surface area contributed by atoms with Gasteiger partial charge < -0.3 is 19.4 Å². The average molecular weight is 397 g/mol. The molecule has 29 heavy (non-hydrogen) atoms. The van der Waals surface area contributed by atoms with Crippen LogP contribution in [-0.4, -0.2) is 55.9 Å². The summed E-state index contributed by atoms with van der Waals surface area (Å²) >= 11 is 0. The number of rotatable bonds is 3. The van der Waals surface area contributed by atoms with Crippen molar-refractivity contribution in [1.29, 1.82) is 0 Å². The molecule has 0 unspecified atom stereocenters. The van der Waals surface area contributed by atoms with Crippen LogP contribution in [0.2, 0.25) is 0 Å². The minimum Gasteiger partial charge on any atom is -0.378 e. The number of morpholine rings is 1. The molecule has 0 aliphatic carbocycles. The molecule has 4 heterocycles. The first-order chi connectivity index (χ1) is 14.3. The first-order valence-corrected chi connectivity index (χ1v) is 10.8. The number of aryl methyl sites for hydroxylation is 1. The van der Waals surface area contributed by atoms with E-state index in [0.29, 0.717) is 43.9 Å². The third-order valence-electron chi connectivity index (χ3n) is 6.12. The maximum Gasteiger partial charge on any atom is 0.229 e. The molecule has 1 aromatic carbocycles. The van der Waals surface area contributed by atoms with E-state index in [1.165, 1.54) is 12.0 Å². The van der Waals surface area contributed by atoms with Crippen molar-refractivity contribution in [2.45, 2.75) is 32.1 Å². The number of benzene rings is 1. The summed E-state index contributed by atoms with van der Waals surface area (Å²) in [4.78, 5) is 15.8. The minimum atomic E-state index is -0.315. The third kappa shape index (κ3) is 3.64. The summed E-state index contributed by atoms with van der Waals surface area (Å²) in [5.74, 6) is 1.17. The summed E-state index contributed by atoms with van der Waals surface area (Å²) in [5, 5.41) is 0. The van der Waals surface area contributed by atoms with Crippen LogP contribution in [0.5, 0.6) is 0 Å². The van der Waals surface area contributed by atoms with Gasteiger partial charge in [0.15, 0.2) is 11.6 Å². The number of halogens is 1. The lowest BCUT2D eigenvalue weighted by molar-refractivity contribution is 0.122. The lowest BCUT2D eigenvalue weighted by Crippen LogP contribution is -2.39. The summed E-state index contributed by atoms with van der Waals surface area (Å²) < 4.78 is 21.3. The Balaban J connectivity index is 1.60. The van der Waals surface area contributed by atoms with Gasteiger partial charge in [0.25, 0.3) is 0 Å². The maximum absolute atomic E-state index is 15.8. The zero-order valence-corrected chi connectivity index (χ0v) is 16.8. The van der Waals surface area contributed by atoms with Crippen molar-refractivity contribution in [1.82, 2.24) is 9.97 Å². The van der Waals surface area contributed by atoms with Crippen molar-refractivity contribution < 1.29 is 9.13 Å². The third-order valence-corrected chi connectivity index (χ3v) is 6.12. The summed E-state index contributed by atoms with van der Waals surface area (Å²) in [7, 11) is 0. The first kappa shape index (κ1) is 18.6. The molecule has 0 N–H and O–H groups in total. The monoisotopic (exact) mass is 397 g/mol. The Hall–Kier alpha value is -2.41. The van der Waals surface area contributed by atoms with Crippen molar-refractivity contribution in [2.75, 3.05) is 60.6 Å². The fourth-order valence-electron chi connectivity index (χ4n) is 4.57. The molecule has 6 nitrogen and oxygen atoms in total. The van der Waals surface area contributed by atoms with E-state index >= 15 is 4.39 Å². The standard InChI is InChI=1S/C22H28FN5O/c23-19-20(26-13-15-29-16-14-26)24-22(27-10-4-1-5-11-27)25-21(19)28-12-6-8-17-7-2-3-9-18(17)28/h2-3,7,9H,1,4-6,8,10-16H2. The number of ether oxygens (including phenoxy) is 1. The quantitative estimate of drug-likeness (QED) is 0.790. The van der Waals surface area contributed by atoms with Crippen LogP contribution in [0.15, 0.2) is 24.3 Å². The molecule has 7 heteroatoms. The number of para-hydroxylation sites is 1. The molecule has 3 aliphatic rings. The van der Waals surface area contributed by atoms with Crippen LogP contribution in [0.3, 0.4) is 0 Å². The van der Waals surface area contributed by atoms with E-state index in [1.807, 2.05) is 15.9 Å². The van der Waals surface area contributed by atoms with E-state index < -0.39 is 0 Å². The Kier molecular flexibility index (Phi) is 5.23. The van der Waals surface area contributed by atoms with Crippen LogP contribution in [0.25, 0.3) is 0 Å². The van der Waals surface area contributed by atoms with Crippen LogP contribution in [-0.2, 0) is 11.2 Å². The highest BCUT2D eigenvalue weighted by molar-refractivity contribution is 5.69. The second-order valence-corrected chi connectivity index (χ2v) is 8.02. The second-order valence-electron chi connectivity index (χ2n) is 8.02. The fourth-order valence-corrected chi connectivity index (χ4v) is 4.57. The highest BCUT2D eigenvalue weighted by atomic mass is 19.1. The van der Waals surface area contributed by atoms with Gasteiger partial charge in [0.1, 0.15) is 0 Å². The molecule has 3 aliphatic heterocycles. The highest BCUT2D eigenvalue weighted by Gasteiger charge is 2.29. The van der Waals surface area contributed by atoms with Crippen molar-refractivity contribution in [3.8, 4) is 0 Å². The van der Waals surface area contributed by atoms with Gasteiger partial charge in [0, 0.05) is 38.4 Å². The lowest BCUT2D eigenvalue weighted by Gasteiger charge is -2.35. The lowest BCUT2D eigenvalue weighted by atomic mass is 10.0. The molecule has 154 valence electrons. The number of fused-ring (bicyclic) bond motifs is 1. The molecule has 0 radical (unpaired) electrons. The van der Waals surface area contributed by atoms with Crippen LogP contribution in [0.1, 0.15) is 31.2 Å². The number of hydrogen-bond donors (Lipinski definition) is 0. The molecule has 1 aromatic heterocycles. The summed E-state index contributed by atoms with van der Waals surface area (Å²) in [6, 6.07) is 8.28. The number of piperidine rings is 1. The number of anilines is 4. The van der Waals surface area contributed by atoms with E-state index in [4.69, 9.17) is 14.7 Å². The Morgan fingerprint density at radius 3 is 2.38 bits per heavy atom. The Morgan fingerprint density at radius 2 is 1.55 bits per heavy atom. The summed E-state index contributed by atoms with van der Waals surface area (Å²) in [6.45, 7) is 5.16. The van der Waals surface area contributed by atoms with Crippen molar-refractivity contribution in [3.05, 3.63) is 35.6 Å². The molecule has 2 fully saturated rings. The van der Waals surface area contributed by atoms with Crippen LogP contribution < -0.4 is 14.7 Å². The predicted molar refractivity (Wildman–Crippen MR) is 113 cm³/mol. The van der Waals surface area contributed by atoms with Crippen molar-refractivity contribution in [3.63, 3.8) is 0 Å². The SMILES string of the molecule is Fc1c(N2CCOCC2)nc(N2CCCCC2)nc1N1CCCc2ccccc21. The summed E-state index contributed by atoms with van der Waals surface area (Å²) in [5.41, 5.74) is 2.32.